The molecular weight excluding hydrogens is 222 g/mol. The number of unbranched alkanes of at least 4 members (excludes halogenated alkanes) is 1. The molecule has 100 valence electrons. The molecule has 1 fully saturated rings. The van der Waals surface area contributed by atoms with Crippen molar-refractivity contribution in [3.05, 3.63) is 23.9 Å². The first-order valence-corrected chi connectivity index (χ1v) is 7.16. The summed E-state index contributed by atoms with van der Waals surface area (Å²) in [4.78, 5) is 7.06. The fourth-order valence-electron chi connectivity index (χ4n) is 2.23. The van der Waals surface area contributed by atoms with Gasteiger partial charge >= 0.3 is 0 Å². The van der Waals surface area contributed by atoms with Crippen LogP contribution in [0.2, 0.25) is 0 Å². The number of nitrogens with one attached hydrogen (secondary N) is 1. The van der Waals surface area contributed by atoms with Crippen LogP contribution in [0.3, 0.4) is 0 Å². The fourth-order valence-corrected chi connectivity index (χ4v) is 2.23. The van der Waals surface area contributed by atoms with Gasteiger partial charge in [0.2, 0.25) is 0 Å². The first-order chi connectivity index (χ1) is 8.76. The molecule has 1 saturated carbocycles. The van der Waals surface area contributed by atoms with Crippen LogP contribution in [0.1, 0.15) is 51.1 Å². The van der Waals surface area contributed by atoms with Gasteiger partial charge in [0.25, 0.3) is 0 Å². The molecule has 1 heterocycles. The minimum absolute atomic E-state index is 0.388. The Morgan fingerprint density at radius 3 is 2.89 bits per heavy atom. The van der Waals surface area contributed by atoms with Gasteiger partial charge in [-0.3, -0.25) is 0 Å². The van der Waals surface area contributed by atoms with Crippen LogP contribution in [0, 0.1) is 0 Å². The van der Waals surface area contributed by atoms with Crippen molar-refractivity contribution >= 4 is 5.82 Å². The Morgan fingerprint density at radius 2 is 2.28 bits per heavy atom. The van der Waals surface area contributed by atoms with Crippen LogP contribution < -0.4 is 10.2 Å². The fraction of sp³-hybridized carbons (Fsp3) is 0.667. The summed E-state index contributed by atoms with van der Waals surface area (Å²) in [7, 11) is 2.00. The molecule has 0 aliphatic heterocycles. The number of rotatable bonds is 7. The number of pyridine rings is 1. The van der Waals surface area contributed by atoms with Gasteiger partial charge in [-0.2, -0.15) is 0 Å². The Kier molecular flexibility index (Phi) is 4.59. The molecular formula is C15H25N3. The first kappa shape index (κ1) is 13.3. The van der Waals surface area contributed by atoms with Crippen LogP contribution in [0.15, 0.2) is 18.3 Å². The second-order valence-electron chi connectivity index (χ2n) is 5.24. The standard InChI is InChI=1S/C15H25N3/c1-4-5-10-18(14-6-7-14)15-11-13(8-9-17-15)12(2)16-3/h8-9,11-12,14,16H,4-7,10H2,1-3H3. The second kappa shape index (κ2) is 6.19. The van der Waals surface area contributed by atoms with Gasteiger partial charge in [-0.1, -0.05) is 13.3 Å². The van der Waals surface area contributed by atoms with Crippen LogP contribution in [0.25, 0.3) is 0 Å². The predicted octanol–water partition coefficient (Wildman–Crippen LogP) is 3.13. The Bertz CT molecular complexity index is 374. The van der Waals surface area contributed by atoms with Crippen LogP contribution in [-0.4, -0.2) is 24.6 Å². The minimum atomic E-state index is 0.388. The van der Waals surface area contributed by atoms with Gasteiger partial charge in [-0.15, -0.1) is 0 Å². The molecule has 1 aliphatic carbocycles. The zero-order chi connectivity index (χ0) is 13.0. The lowest BCUT2D eigenvalue weighted by atomic mass is 10.1. The van der Waals surface area contributed by atoms with Crippen molar-refractivity contribution < 1.29 is 0 Å². The van der Waals surface area contributed by atoms with E-state index in [4.69, 9.17) is 0 Å². The van der Waals surface area contributed by atoms with E-state index in [0.717, 1.165) is 18.4 Å². The average Bonchev–Trinajstić information content (AvgIpc) is 3.23. The lowest BCUT2D eigenvalue weighted by Gasteiger charge is -2.24. The molecule has 0 aromatic carbocycles. The van der Waals surface area contributed by atoms with E-state index in [2.05, 4.69) is 41.2 Å². The molecule has 0 radical (unpaired) electrons. The molecule has 0 saturated heterocycles. The van der Waals surface area contributed by atoms with Crippen molar-refractivity contribution in [2.75, 3.05) is 18.5 Å². The molecule has 0 amide bonds. The van der Waals surface area contributed by atoms with Gasteiger partial charge in [0, 0.05) is 24.8 Å². The SMILES string of the molecule is CCCCN(c1cc(C(C)NC)ccn1)C1CC1. The molecule has 0 bridgehead atoms. The molecule has 1 unspecified atom stereocenters. The van der Waals surface area contributed by atoms with E-state index >= 15 is 0 Å². The summed E-state index contributed by atoms with van der Waals surface area (Å²) >= 11 is 0. The van der Waals surface area contributed by atoms with E-state index in [1.54, 1.807) is 0 Å². The van der Waals surface area contributed by atoms with Gasteiger partial charge < -0.3 is 10.2 Å². The highest BCUT2D eigenvalue weighted by Crippen LogP contribution is 2.31. The first-order valence-electron chi connectivity index (χ1n) is 7.16. The summed E-state index contributed by atoms with van der Waals surface area (Å²) < 4.78 is 0. The van der Waals surface area contributed by atoms with Gasteiger partial charge in [-0.05, 0) is 50.9 Å². The molecule has 1 atom stereocenters. The monoisotopic (exact) mass is 247 g/mol. The van der Waals surface area contributed by atoms with Crippen LogP contribution in [-0.2, 0) is 0 Å². The number of nitrogens with zero attached hydrogens (tertiary/aromatic N) is 2. The van der Waals surface area contributed by atoms with Gasteiger partial charge in [-0.25, -0.2) is 4.98 Å². The van der Waals surface area contributed by atoms with E-state index in [9.17, 15) is 0 Å². The molecule has 3 nitrogen and oxygen atoms in total. The molecule has 2 rings (SSSR count). The van der Waals surface area contributed by atoms with E-state index < -0.39 is 0 Å². The third-order valence-electron chi connectivity index (χ3n) is 3.74. The number of aromatic nitrogens is 1. The maximum Gasteiger partial charge on any atom is 0.129 e. The van der Waals surface area contributed by atoms with Crippen molar-refractivity contribution in [1.29, 1.82) is 0 Å². The summed E-state index contributed by atoms with van der Waals surface area (Å²) in [6, 6.07) is 5.48. The summed E-state index contributed by atoms with van der Waals surface area (Å²) in [6.07, 6.45) is 7.11. The third kappa shape index (κ3) is 3.22. The summed E-state index contributed by atoms with van der Waals surface area (Å²) in [5.41, 5.74) is 1.32. The molecule has 1 aromatic rings. The van der Waals surface area contributed by atoms with Crippen LogP contribution in [0.5, 0.6) is 0 Å². The summed E-state index contributed by atoms with van der Waals surface area (Å²) in [6.45, 7) is 5.58. The van der Waals surface area contributed by atoms with Crippen molar-refractivity contribution in [2.45, 2.75) is 51.6 Å². The smallest absolute Gasteiger partial charge is 0.129 e. The largest absolute Gasteiger partial charge is 0.354 e. The van der Waals surface area contributed by atoms with Gasteiger partial charge in [0.05, 0.1) is 0 Å². The normalized spacial score (nSPS) is 16.6. The average molecular weight is 247 g/mol. The quantitative estimate of drug-likeness (QED) is 0.802. The predicted molar refractivity (Wildman–Crippen MR) is 77.0 cm³/mol. The Balaban J connectivity index is 2.13. The molecule has 1 aromatic heterocycles. The topological polar surface area (TPSA) is 28.2 Å². The number of hydrogen-bond donors (Lipinski definition) is 1. The molecule has 1 N–H and O–H groups in total. The third-order valence-corrected chi connectivity index (χ3v) is 3.74. The minimum Gasteiger partial charge on any atom is -0.354 e. The zero-order valence-electron chi connectivity index (χ0n) is 11.8. The zero-order valence-corrected chi connectivity index (χ0v) is 11.8. The van der Waals surface area contributed by atoms with Crippen molar-refractivity contribution in [1.82, 2.24) is 10.3 Å². The van der Waals surface area contributed by atoms with Crippen molar-refractivity contribution in [2.24, 2.45) is 0 Å². The van der Waals surface area contributed by atoms with Gasteiger partial charge in [0.15, 0.2) is 0 Å². The van der Waals surface area contributed by atoms with E-state index in [0.29, 0.717) is 6.04 Å². The maximum atomic E-state index is 4.57. The van der Waals surface area contributed by atoms with Gasteiger partial charge in [0.1, 0.15) is 5.82 Å². The molecule has 1 aliphatic rings. The summed E-state index contributed by atoms with van der Waals surface area (Å²) in [5.74, 6) is 1.16. The number of anilines is 1. The lowest BCUT2D eigenvalue weighted by Crippen LogP contribution is -2.28. The highest BCUT2D eigenvalue weighted by Gasteiger charge is 2.29. The Labute approximate surface area is 111 Å². The van der Waals surface area contributed by atoms with Crippen molar-refractivity contribution in [3.63, 3.8) is 0 Å². The van der Waals surface area contributed by atoms with E-state index in [1.165, 1.54) is 31.2 Å². The van der Waals surface area contributed by atoms with Crippen molar-refractivity contribution in [3.8, 4) is 0 Å². The summed E-state index contributed by atoms with van der Waals surface area (Å²) in [5, 5.41) is 3.29. The van der Waals surface area contributed by atoms with E-state index in [-0.39, 0.29) is 0 Å². The van der Waals surface area contributed by atoms with Crippen LogP contribution >= 0.6 is 0 Å². The maximum absolute atomic E-state index is 4.57. The highest BCUT2D eigenvalue weighted by atomic mass is 15.2. The van der Waals surface area contributed by atoms with E-state index in [1.807, 2.05) is 13.2 Å². The molecule has 3 heteroatoms. The number of hydrogen-bond acceptors (Lipinski definition) is 3. The Hall–Kier alpha value is -1.09. The molecule has 0 spiro atoms. The second-order valence-corrected chi connectivity index (χ2v) is 5.24. The highest BCUT2D eigenvalue weighted by molar-refractivity contribution is 5.44. The van der Waals surface area contributed by atoms with Crippen LogP contribution in [0.4, 0.5) is 5.82 Å². The Morgan fingerprint density at radius 1 is 1.50 bits per heavy atom. The molecule has 18 heavy (non-hydrogen) atoms. The lowest BCUT2D eigenvalue weighted by molar-refractivity contribution is 0.648.